The van der Waals surface area contributed by atoms with E-state index in [0.29, 0.717) is 22.4 Å². The third-order valence-corrected chi connectivity index (χ3v) is 4.46. The first-order valence-corrected chi connectivity index (χ1v) is 8.50. The van der Waals surface area contributed by atoms with Crippen LogP contribution in [0.1, 0.15) is 23.2 Å². The first kappa shape index (κ1) is 17.2. The van der Waals surface area contributed by atoms with Gasteiger partial charge in [0.15, 0.2) is 11.0 Å². The fraction of sp³-hybridized carbons (Fsp3) is 0.250. The van der Waals surface area contributed by atoms with Gasteiger partial charge in [-0.1, -0.05) is 42.1 Å². The molecule has 2 heterocycles. The summed E-state index contributed by atoms with van der Waals surface area (Å²) in [6.07, 6.45) is -0.997. The number of rotatable bonds is 6. The quantitative estimate of drug-likeness (QED) is 0.643. The van der Waals surface area contributed by atoms with Crippen LogP contribution >= 0.6 is 11.8 Å². The average Bonchev–Trinajstić information content (AvgIpc) is 3.15. The van der Waals surface area contributed by atoms with Crippen molar-refractivity contribution in [2.75, 3.05) is 5.75 Å². The van der Waals surface area contributed by atoms with Crippen molar-refractivity contribution in [3.63, 3.8) is 0 Å². The molecule has 2 aromatic heterocycles. The number of carboxylic acids is 1. The average molecular weight is 359 g/mol. The molecule has 3 rings (SSSR count). The van der Waals surface area contributed by atoms with E-state index in [4.69, 9.17) is 5.11 Å². The van der Waals surface area contributed by atoms with Crippen molar-refractivity contribution < 1.29 is 15.0 Å². The Balaban J connectivity index is 2.09. The molecule has 9 heteroatoms. The number of nitrogens with zero attached hydrogens (tertiary/aromatic N) is 5. The van der Waals surface area contributed by atoms with Crippen LogP contribution in [0.5, 0.6) is 0 Å². The molecule has 0 aliphatic carbocycles. The fourth-order valence-electron chi connectivity index (χ4n) is 2.48. The molecule has 0 saturated heterocycles. The highest BCUT2D eigenvalue weighted by molar-refractivity contribution is 7.99. The molecule has 0 unspecified atom stereocenters. The van der Waals surface area contributed by atoms with Gasteiger partial charge in [0, 0.05) is 13.1 Å². The fourth-order valence-corrected chi connectivity index (χ4v) is 3.15. The van der Waals surface area contributed by atoms with E-state index in [0.717, 1.165) is 17.5 Å². The topological polar surface area (TPSA) is 106 Å². The van der Waals surface area contributed by atoms with Gasteiger partial charge in [-0.05, 0) is 12.5 Å². The van der Waals surface area contributed by atoms with Gasteiger partial charge in [0.1, 0.15) is 11.9 Å². The van der Waals surface area contributed by atoms with Crippen LogP contribution in [-0.4, -0.2) is 46.5 Å². The Morgan fingerprint density at radius 3 is 2.60 bits per heavy atom. The molecular formula is C16H17N5O3S. The minimum atomic E-state index is -0.997. The minimum Gasteiger partial charge on any atom is -0.481 e. The van der Waals surface area contributed by atoms with E-state index in [1.165, 1.54) is 0 Å². The largest absolute Gasteiger partial charge is 0.481 e. The number of carbonyl (C=O) groups is 1. The zero-order valence-electron chi connectivity index (χ0n) is 13.7. The molecule has 0 radical (unpaired) electrons. The van der Waals surface area contributed by atoms with Gasteiger partial charge in [-0.2, -0.15) is 5.10 Å². The highest BCUT2D eigenvalue weighted by Crippen LogP contribution is 2.28. The molecule has 0 fully saturated rings. The molecule has 0 bridgehead atoms. The van der Waals surface area contributed by atoms with Crippen LogP contribution in [0, 0.1) is 6.92 Å². The Labute approximate surface area is 148 Å². The summed E-state index contributed by atoms with van der Waals surface area (Å²) in [5.74, 6) is -0.149. The summed E-state index contributed by atoms with van der Waals surface area (Å²) in [6.45, 7) is 1.85. The normalized spacial score (nSPS) is 12.3. The molecule has 0 aliphatic heterocycles. The Morgan fingerprint density at radius 2 is 2.00 bits per heavy atom. The van der Waals surface area contributed by atoms with E-state index >= 15 is 0 Å². The van der Waals surface area contributed by atoms with Crippen LogP contribution in [0.4, 0.5) is 0 Å². The summed E-state index contributed by atoms with van der Waals surface area (Å²) in [4.78, 5) is 10.9. The molecule has 2 N–H and O–H groups in total. The molecule has 1 aromatic carbocycles. The predicted molar refractivity (Wildman–Crippen MR) is 91.7 cm³/mol. The Hall–Kier alpha value is -2.65. The maximum absolute atomic E-state index is 10.9. The number of aryl methyl sites for hydroxylation is 2. The second-order valence-corrected chi connectivity index (χ2v) is 6.38. The number of aliphatic hydroxyl groups excluding tert-OH is 1. The van der Waals surface area contributed by atoms with E-state index in [1.54, 1.807) is 28.4 Å². The number of carboxylic acid groups (broad SMARTS) is 1. The van der Waals surface area contributed by atoms with E-state index in [2.05, 4.69) is 15.3 Å². The highest BCUT2D eigenvalue weighted by atomic mass is 32.2. The monoisotopic (exact) mass is 359 g/mol. The number of aliphatic carboxylic acids is 1. The third-order valence-electron chi connectivity index (χ3n) is 3.55. The highest BCUT2D eigenvalue weighted by Gasteiger charge is 2.24. The number of hydrogen-bond acceptors (Lipinski definition) is 6. The maximum atomic E-state index is 10.9. The number of thioether (sulfide) groups is 1. The zero-order valence-corrected chi connectivity index (χ0v) is 14.5. The van der Waals surface area contributed by atoms with Crippen molar-refractivity contribution >= 4 is 17.7 Å². The zero-order chi connectivity index (χ0) is 18.0. The van der Waals surface area contributed by atoms with Crippen molar-refractivity contribution in [1.29, 1.82) is 0 Å². The SMILES string of the molecule is Cc1cc(-n2c(SCC(=O)O)nnc2[C@@H](O)c2ccccc2)n(C)n1. The second-order valence-electron chi connectivity index (χ2n) is 5.44. The lowest BCUT2D eigenvalue weighted by Gasteiger charge is -2.14. The third kappa shape index (κ3) is 3.57. The van der Waals surface area contributed by atoms with Gasteiger partial charge in [-0.3, -0.25) is 14.0 Å². The lowest BCUT2D eigenvalue weighted by Crippen LogP contribution is -2.13. The van der Waals surface area contributed by atoms with E-state index in [9.17, 15) is 9.90 Å². The summed E-state index contributed by atoms with van der Waals surface area (Å²) in [7, 11) is 1.77. The summed E-state index contributed by atoms with van der Waals surface area (Å²) < 4.78 is 3.29. The standard InChI is InChI=1S/C16H17N5O3S/c1-10-8-12(20(2)19-10)21-15(14(24)11-6-4-3-5-7-11)17-18-16(21)25-9-13(22)23/h3-8,14,24H,9H2,1-2H3,(H,22,23)/t14-/m0/s1. The Bertz CT molecular complexity index is 891. The summed E-state index contributed by atoms with van der Waals surface area (Å²) >= 11 is 1.04. The van der Waals surface area contributed by atoms with Gasteiger partial charge in [0.2, 0.25) is 0 Å². The maximum Gasteiger partial charge on any atom is 0.313 e. The number of aromatic nitrogens is 5. The van der Waals surface area contributed by atoms with Crippen LogP contribution in [0.25, 0.3) is 5.82 Å². The van der Waals surface area contributed by atoms with Crippen LogP contribution in [0.15, 0.2) is 41.6 Å². The van der Waals surface area contributed by atoms with Crippen LogP contribution < -0.4 is 0 Å². The van der Waals surface area contributed by atoms with Crippen molar-refractivity contribution in [2.24, 2.45) is 7.05 Å². The van der Waals surface area contributed by atoms with Gasteiger partial charge >= 0.3 is 5.97 Å². The minimum absolute atomic E-state index is 0.156. The van der Waals surface area contributed by atoms with Gasteiger partial charge in [-0.15, -0.1) is 10.2 Å². The molecule has 25 heavy (non-hydrogen) atoms. The van der Waals surface area contributed by atoms with Crippen LogP contribution in [-0.2, 0) is 11.8 Å². The smallest absolute Gasteiger partial charge is 0.313 e. The van der Waals surface area contributed by atoms with Crippen LogP contribution in [0.2, 0.25) is 0 Å². The number of hydrogen-bond donors (Lipinski definition) is 2. The van der Waals surface area contributed by atoms with E-state index in [-0.39, 0.29) is 5.75 Å². The van der Waals surface area contributed by atoms with Gasteiger partial charge in [0.25, 0.3) is 0 Å². The lowest BCUT2D eigenvalue weighted by molar-refractivity contribution is -0.133. The molecule has 130 valence electrons. The van der Waals surface area contributed by atoms with E-state index < -0.39 is 12.1 Å². The molecule has 0 amide bonds. The van der Waals surface area contributed by atoms with Crippen LogP contribution in [0.3, 0.4) is 0 Å². The first-order chi connectivity index (χ1) is 12.0. The van der Waals surface area contributed by atoms with Gasteiger partial charge in [-0.25, -0.2) is 0 Å². The number of benzene rings is 1. The molecule has 3 aromatic rings. The predicted octanol–water partition coefficient (Wildman–Crippen LogP) is 1.57. The summed E-state index contributed by atoms with van der Waals surface area (Å²) in [5.41, 5.74) is 1.46. The van der Waals surface area contributed by atoms with Gasteiger partial charge in [0.05, 0.1) is 11.4 Å². The Kier molecular flexibility index (Phi) is 4.86. The van der Waals surface area contributed by atoms with Crippen molar-refractivity contribution in [2.45, 2.75) is 18.2 Å². The second kappa shape index (κ2) is 7.08. The van der Waals surface area contributed by atoms with Crippen molar-refractivity contribution in [1.82, 2.24) is 24.5 Å². The lowest BCUT2D eigenvalue weighted by atomic mass is 10.1. The first-order valence-electron chi connectivity index (χ1n) is 7.51. The molecular weight excluding hydrogens is 342 g/mol. The van der Waals surface area contributed by atoms with Crippen molar-refractivity contribution in [3.05, 3.63) is 53.5 Å². The summed E-state index contributed by atoms with van der Waals surface area (Å²) in [5, 5.41) is 32.6. The van der Waals surface area contributed by atoms with Gasteiger partial charge < -0.3 is 10.2 Å². The molecule has 1 atom stereocenters. The van der Waals surface area contributed by atoms with Crippen molar-refractivity contribution in [3.8, 4) is 5.82 Å². The Morgan fingerprint density at radius 1 is 1.28 bits per heavy atom. The van der Waals surface area contributed by atoms with E-state index in [1.807, 2.05) is 31.2 Å². The molecule has 0 saturated carbocycles. The molecule has 0 spiro atoms. The summed E-state index contributed by atoms with van der Waals surface area (Å²) in [6, 6.07) is 10.9. The number of aliphatic hydroxyl groups is 1. The molecule has 0 aliphatic rings. The molecule has 8 nitrogen and oxygen atoms in total.